The van der Waals surface area contributed by atoms with E-state index in [-0.39, 0.29) is 5.56 Å². The lowest BCUT2D eigenvalue weighted by atomic mass is 9.97. The molecule has 0 spiro atoms. The average molecular weight is 443 g/mol. The van der Waals surface area contributed by atoms with Crippen LogP contribution in [0.3, 0.4) is 0 Å². The Hall–Kier alpha value is -3.51. The Labute approximate surface area is 189 Å². The zero-order valence-corrected chi connectivity index (χ0v) is 18.9. The molecule has 0 radical (unpaired) electrons. The van der Waals surface area contributed by atoms with E-state index in [1.165, 1.54) is 0 Å². The van der Waals surface area contributed by atoms with E-state index in [2.05, 4.69) is 46.1 Å². The number of aromatic nitrogens is 2. The van der Waals surface area contributed by atoms with Crippen LogP contribution in [0.1, 0.15) is 27.4 Å². The summed E-state index contributed by atoms with van der Waals surface area (Å²) in [5, 5.41) is 16.0. The molecule has 2 aromatic heterocycles. The van der Waals surface area contributed by atoms with Crippen molar-refractivity contribution in [2.24, 2.45) is 0 Å². The lowest BCUT2D eigenvalue weighted by molar-refractivity contribution is 0.0699. The van der Waals surface area contributed by atoms with Crippen molar-refractivity contribution in [2.45, 2.75) is 25.3 Å². The highest BCUT2D eigenvalue weighted by Gasteiger charge is 2.22. The molecule has 0 unspecified atom stereocenters. The highest BCUT2D eigenvalue weighted by Crippen LogP contribution is 2.38. The molecule has 3 aromatic carbocycles. The van der Waals surface area contributed by atoms with Gasteiger partial charge in [-0.25, -0.2) is 4.79 Å². The van der Waals surface area contributed by atoms with Crippen LogP contribution in [0.4, 0.5) is 0 Å². The number of hydrogen-bond donors (Lipinski definition) is 1. The van der Waals surface area contributed by atoms with Crippen LogP contribution >= 0.6 is 11.8 Å². The van der Waals surface area contributed by atoms with Crippen LogP contribution in [0.5, 0.6) is 0 Å². The number of benzene rings is 3. The van der Waals surface area contributed by atoms with Gasteiger partial charge < -0.3 is 14.2 Å². The monoisotopic (exact) mass is 442 g/mol. The Morgan fingerprint density at radius 2 is 1.84 bits per heavy atom. The van der Waals surface area contributed by atoms with E-state index in [9.17, 15) is 9.90 Å². The first-order valence-corrected chi connectivity index (χ1v) is 11.5. The molecular formula is C26H22N2O3S. The topological polar surface area (TPSA) is 68.3 Å². The smallest absolute Gasteiger partial charge is 0.336 e. The summed E-state index contributed by atoms with van der Waals surface area (Å²) in [5.41, 5.74) is 5.72. The zero-order chi connectivity index (χ0) is 22.4. The van der Waals surface area contributed by atoms with Crippen molar-refractivity contribution in [1.82, 2.24) is 9.72 Å². The van der Waals surface area contributed by atoms with Gasteiger partial charge in [-0.1, -0.05) is 35.5 Å². The van der Waals surface area contributed by atoms with E-state index in [4.69, 9.17) is 4.52 Å². The maximum absolute atomic E-state index is 12.4. The van der Waals surface area contributed by atoms with Crippen molar-refractivity contribution in [3.63, 3.8) is 0 Å². The number of hydrogen-bond acceptors (Lipinski definition) is 4. The second-order valence-corrected chi connectivity index (χ2v) is 8.76. The predicted octanol–water partition coefficient (Wildman–Crippen LogP) is 6.53. The van der Waals surface area contributed by atoms with E-state index < -0.39 is 5.97 Å². The minimum absolute atomic E-state index is 0.285. The summed E-state index contributed by atoms with van der Waals surface area (Å²) in [5.74, 6) is -0.273. The quantitative estimate of drug-likeness (QED) is 0.313. The van der Waals surface area contributed by atoms with Gasteiger partial charge in [0.2, 0.25) is 0 Å². The molecule has 0 fully saturated rings. The van der Waals surface area contributed by atoms with Gasteiger partial charge in [0, 0.05) is 33.3 Å². The fraction of sp³-hybridized carbons (Fsp3) is 0.154. The molecule has 6 heteroatoms. The van der Waals surface area contributed by atoms with Gasteiger partial charge >= 0.3 is 5.97 Å². The Kier molecular flexibility index (Phi) is 5.02. The number of aryl methyl sites for hydroxylation is 2. The van der Waals surface area contributed by atoms with Crippen LogP contribution in [-0.4, -0.2) is 27.1 Å². The molecule has 5 aromatic rings. The standard InChI is InChI=1S/C26H22N2O3S/c1-15-24(16(2)31-27-15)18-11-21(26(29)30)25-20-13-19(32-3)9-10-22(20)28(23(25)12-18)14-17-7-5-4-6-8-17/h4-13H,14H2,1-3H3,(H,29,30). The number of rotatable bonds is 5. The lowest BCUT2D eigenvalue weighted by Gasteiger charge is -2.10. The van der Waals surface area contributed by atoms with Gasteiger partial charge in [0.1, 0.15) is 5.76 Å². The SMILES string of the molecule is CSc1ccc2c(c1)c1c(C(=O)O)cc(-c3c(C)noc3C)cc1n2Cc1ccccc1. The number of nitrogens with zero attached hydrogens (tertiary/aromatic N) is 2. The predicted molar refractivity (Wildman–Crippen MR) is 129 cm³/mol. The lowest BCUT2D eigenvalue weighted by Crippen LogP contribution is -2.02. The van der Waals surface area contributed by atoms with Crippen molar-refractivity contribution in [3.05, 3.63) is 83.2 Å². The number of aromatic carboxylic acids is 1. The molecule has 0 atom stereocenters. The molecule has 160 valence electrons. The largest absolute Gasteiger partial charge is 0.478 e. The van der Waals surface area contributed by atoms with Crippen LogP contribution in [0.25, 0.3) is 32.9 Å². The minimum Gasteiger partial charge on any atom is -0.478 e. The van der Waals surface area contributed by atoms with Gasteiger partial charge in [0.05, 0.1) is 16.8 Å². The molecule has 0 saturated heterocycles. The van der Waals surface area contributed by atoms with Crippen molar-refractivity contribution < 1.29 is 14.4 Å². The summed E-state index contributed by atoms with van der Waals surface area (Å²) >= 11 is 1.65. The molecule has 0 saturated carbocycles. The molecule has 32 heavy (non-hydrogen) atoms. The van der Waals surface area contributed by atoms with Gasteiger partial charge in [-0.3, -0.25) is 0 Å². The summed E-state index contributed by atoms with van der Waals surface area (Å²) in [6.07, 6.45) is 2.03. The molecule has 0 aliphatic heterocycles. The third-order valence-corrected chi connectivity index (χ3v) is 6.63. The van der Waals surface area contributed by atoms with Gasteiger partial charge in [0.25, 0.3) is 0 Å². The fourth-order valence-corrected chi connectivity index (χ4v) is 4.91. The Balaban J connectivity index is 1.90. The zero-order valence-electron chi connectivity index (χ0n) is 18.0. The third-order valence-electron chi connectivity index (χ3n) is 5.91. The van der Waals surface area contributed by atoms with Crippen LogP contribution in [0.2, 0.25) is 0 Å². The van der Waals surface area contributed by atoms with Crippen LogP contribution < -0.4 is 0 Å². The summed E-state index contributed by atoms with van der Waals surface area (Å²) in [7, 11) is 0. The first kappa shape index (κ1) is 20.4. The Bertz CT molecular complexity index is 1460. The number of thioether (sulfide) groups is 1. The van der Waals surface area contributed by atoms with E-state index >= 15 is 0 Å². The molecule has 1 N–H and O–H groups in total. The molecular weight excluding hydrogens is 420 g/mol. The summed E-state index contributed by atoms with van der Waals surface area (Å²) in [4.78, 5) is 13.5. The van der Waals surface area contributed by atoms with Gasteiger partial charge in [0.15, 0.2) is 0 Å². The van der Waals surface area contributed by atoms with Crippen molar-refractivity contribution in [2.75, 3.05) is 6.26 Å². The number of carbonyl (C=O) groups is 1. The van der Waals surface area contributed by atoms with E-state index in [0.717, 1.165) is 49.1 Å². The van der Waals surface area contributed by atoms with E-state index in [0.29, 0.717) is 12.3 Å². The summed E-state index contributed by atoms with van der Waals surface area (Å²) < 4.78 is 7.58. The Morgan fingerprint density at radius 3 is 2.50 bits per heavy atom. The van der Waals surface area contributed by atoms with E-state index in [1.54, 1.807) is 17.8 Å². The van der Waals surface area contributed by atoms with Gasteiger partial charge in [-0.05, 0) is 61.6 Å². The minimum atomic E-state index is -0.947. The number of carboxylic acids is 1. The summed E-state index contributed by atoms with van der Waals surface area (Å²) in [6, 6.07) is 20.3. The second-order valence-electron chi connectivity index (χ2n) is 7.88. The van der Waals surface area contributed by atoms with Crippen LogP contribution in [0.15, 0.2) is 70.1 Å². The molecule has 0 bridgehead atoms. The number of carboxylic acid groups (broad SMARTS) is 1. The highest BCUT2D eigenvalue weighted by atomic mass is 32.2. The maximum Gasteiger partial charge on any atom is 0.336 e. The normalized spacial score (nSPS) is 11.5. The number of fused-ring (bicyclic) bond motifs is 3. The fourth-order valence-electron chi connectivity index (χ4n) is 4.47. The first-order chi connectivity index (χ1) is 15.5. The van der Waals surface area contributed by atoms with Gasteiger partial charge in [-0.2, -0.15) is 0 Å². The highest BCUT2D eigenvalue weighted by molar-refractivity contribution is 7.98. The van der Waals surface area contributed by atoms with Crippen molar-refractivity contribution >= 4 is 39.5 Å². The molecule has 0 amide bonds. The molecule has 5 nitrogen and oxygen atoms in total. The molecule has 0 aliphatic rings. The van der Waals surface area contributed by atoms with Gasteiger partial charge in [-0.15, -0.1) is 11.8 Å². The Morgan fingerprint density at radius 1 is 1.06 bits per heavy atom. The molecule has 2 heterocycles. The van der Waals surface area contributed by atoms with Crippen LogP contribution in [0, 0.1) is 13.8 Å². The van der Waals surface area contributed by atoms with Crippen molar-refractivity contribution in [3.8, 4) is 11.1 Å². The molecule has 0 aliphatic carbocycles. The summed E-state index contributed by atoms with van der Waals surface area (Å²) in [6.45, 7) is 4.37. The van der Waals surface area contributed by atoms with Crippen molar-refractivity contribution in [1.29, 1.82) is 0 Å². The maximum atomic E-state index is 12.4. The third kappa shape index (κ3) is 3.28. The first-order valence-electron chi connectivity index (χ1n) is 10.3. The van der Waals surface area contributed by atoms with Crippen LogP contribution in [-0.2, 0) is 6.54 Å². The second kappa shape index (κ2) is 7.88. The average Bonchev–Trinajstić information content (AvgIpc) is 3.29. The molecule has 5 rings (SSSR count). The van der Waals surface area contributed by atoms with E-state index in [1.807, 2.05) is 38.3 Å².